The molecule has 0 aliphatic carbocycles. The Labute approximate surface area is 216 Å². The fourth-order valence-corrected chi connectivity index (χ4v) is 4.24. The first-order valence-corrected chi connectivity index (χ1v) is 12.0. The third kappa shape index (κ3) is 5.03. The van der Waals surface area contributed by atoms with Gasteiger partial charge in [-0.2, -0.15) is 5.10 Å². The molecule has 9 nitrogen and oxygen atoms in total. The second-order valence-corrected chi connectivity index (χ2v) is 9.30. The average Bonchev–Trinajstić information content (AvgIpc) is 3.47. The van der Waals surface area contributed by atoms with Gasteiger partial charge in [-0.25, -0.2) is 0 Å². The van der Waals surface area contributed by atoms with Crippen LogP contribution in [-0.4, -0.2) is 64.6 Å². The summed E-state index contributed by atoms with van der Waals surface area (Å²) in [7, 11) is 3.12. The van der Waals surface area contributed by atoms with E-state index in [1.165, 1.54) is 16.9 Å². The number of methoxy groups -OCH3 is 1. The Morgan fingerprint density at radius 1 is 1.19 bits per heavy atom. The van der Waals surface area contributed by atoms with Crippen LogP contribution in [0.5, 0.6) is 0 Å². The SMILES string of the molecule is C=C(NC(=O)C(=C)N1Cc2c(cccc2-c2ccc3nn(C(C)C)cc3c2)C1=O)C(=O)N(C)CCOC. The van der Waals surface area contributed by atoms with E-state index in [2.05, 4.69) is 43.5 Å². The van der Waals surface area contributed by atoms with Gasteiger partial charge in [0.2, 0.25) is 0 Å². The molecule has 2 heterocycles. The number of carbonyl (C=O) groups is 3. The summed E-state index contributed by atoms with van der Waals surface area (Å²) >= 11 is 0. The number of nitrogens with one attached hydrogen (secondary N) is 1. The predicted molar refractivity (Wildman–Crippen MR) is 141 cm³/mol. The molecule has 0 spiro atoms. The molecule has 1 aliphatic heterocycles. The Morgan fingerprint density at radius 3 is 2.62 bits per heavy atom. The molecule has 0 saturated carbocycles. The van der Waals surface area contributed by atoms with Crippen molar-refractivity contribution in [3.8, 4) is 11.1 Å². The van der Waals surface area contributed by atoms with Gasteiger partial charge in [0.1, 0.15) is 5.70 Å². The lowest BCUT2D eigenvalue weighted by Crippen LogP contribution is -2.40. The van der Waals surface area contributed by atoms with E-state index in [-0.39, 0.29) is 29.9 Å². The van der Waals surface area contributed by atoms with Crippen molar-refractivity contribution in [2.75, 3.05) is 27.3 Å². The van der Waals surface area contributed by atoms with Gasteiger partial charge in [-0.3, -0.25) is 24.0 Å². The van der Waals surface area contributed by atoms with Gasteiger partial charge in [0.05, 0.1) is 24.4 Å². The number of hydrogen-bond donors (Lipinski definition) is 1. The Bertz CT molecular complexity index is 1420. The molecular formula is C28H31N5O4. The monoisotopic (exact) mass is 501 g/mol. The Hall–Kier alpha value is -4.24. The first-order valence-electron chi connectivity index (χ1n) is 12.0. The highest BCUT2D eigenvalue weighted by atomic mass is 16.5. The number of aromatic nitrogens is 2. The summed E-state index contributed by atoms with van der Waals surface area (Å²) in [6, 6.07) is 11.8. The van der Waals surface area contributed by atoms with Crippen LogP contribution in [0.3, 0.4) is 0 Å². The normalized spacial score (nSPS) is 12.7. The molecule has 0 saturated heterocycles. The fourth-order valence-electron chi connectivity index (χ4n) is 4.24. The van der Waals surface area contributed by atoms with Crippen LogP contribution in [0.4, 0.5) is 0 Å². The minimum atomic E-state index is -0.663. The van der Waals surface area contributed by atoms with Gasteiger partial charge in [0.15, 0.2) is 0 Å². The summed E-state index contributed by atoms with van der Waals surface area (Å²) in [5.41, 5.74) is 3.91. The van der Waals surface area contributed by atoms with Crippen molar-refractivity contribution in [1.29, 1.82) is 0 Å². The maximum Gasteiger partial charge on any atom is 0.271 e. The lowest BCUT2D eigenvalue weighted by Gasteiger charge is -2.21. The Kier molecular flexibility index (Phi) is 7.26. The van der Waals surface area contributed by atoms with Crippen molar-refractivity contribution in [2.24, 2.45) is 0 Å². The van der Waals surface area contributed by atoms with Crippen LogP contribution in [0.1, 0.15) is 35.8 Å². The van der Waals surface area contributed by atoms with Gasteiger partial charge in [0.25, 0.3) is 17.7 Å². The second-order valence-electron chi connectivity index (χ2n) is 9.30. The Balaban J connectivity index is 1.53. The maximum absolute atomic E-state index is 13.2. The third-order valence-electron chi connectivity index (χ3n) is 6.42. The first kappa shape index (κ1) is 25.8. The van der Waals surface area contributed by atoms with E-state index < -0.39 is 11.8 Å². The van der Waals surface area contributed by atoms with E-state index in [1.54, 1.807) is 13.1 Å². The number of likely N-dealkylation sites (N-methyl/N-ethyl adjacent to an activating group) is 1. The molecule has 0 radical (unpaired) electrons. The number of hydrogen-bond acceptors (Lipinski definition) is 5. The van der Waals surface area contributed by atoms with Crippen LogP contribution in [0.25, 0.3) is 22.0 Å². The lowest BCUT2D eigenvalue weighted by atomic mass is 9.96. The molecule has 2 aromatic carbocycles. The molecule has 1 aromatic heterocycles. The van der Waals surface area contributed by atoms with Gasteiger partial charge in [-0.1, -0.05) is 31.4 Å². The number of benzene rings is 2. The zero-order chi connectivity index (χ0) is 26.9. The molecule has 1 aliphatic rings. The highest BCUT2D eigenvalue weighted by Crippen LogP contribution is 2.35. The van der Waals surface area contributed by atoms with Gasteiger partial charge < -0.3 is 15.0 Å². The third-order valence-corrected chi connectivity index (χ3v) is 6.42. The summed E-state index contributed by atoms with van der Waals surface area (Å²) < 4.78 is 6.89. The summed E-state index contributed by atoms with van der Waals surface area (Å²) in [5, 5.41) is 8.08. The van der Waals surface area contributed by atoms with Crippen LogP contribution in [0.15, 0.2) is 67.1 Å². The molecule has 0 fully saturated rings. The first-order chi connectivity index (χ1) is 17.6. The molecule has 3 aromatic rings. The highest BCUT2D eigenvalue weighted by molar-refractivity contribution is 6.08. The molecule has 0 bridgehead atoms. The second kappa shape index (κ2) is 10.4. The van der Waals surface area contributed by atoms with Crippen molar-refractivity contribution in [3.63, 3.8) is 0 Å². The number of carbonyl (C=O) groups excluding carboxylic acids is 3. The van der Waals surface area contributed by atoms with Crippen LogP contribution in [-0.2, 0) is 20.9 Å². The van der Waals surface area contributed by atoms with Crippen LogP contribution >= 0.6 is 0 Å². The van der Waals surface area contributed by atoms with E-state index >= 15 is 0 Å². The van der Waals surface area contributed by atoms with E-state index in [0.717, 1.165) is 27.6 Å². The van der Waals surface area contributed by atoms with Crippen molar-refractivity contribution >= 4 is 28.6 Å². The highest BCUT2D eigenvalue weighted by Gasteiger charge is 2.33. The number of fused-ring (bicyclic) bond motifs is 2. The average molecular weight is 502 g/mol. The summed E-state index contributed by atoms with van der Waals surface area (Å²) in [6.45, 7) is 12.5. The molecular weight excluding hydrogens is 470 g/mol. The summed E-state index contributed by atoms with van der Waals surface area (Å²) in [5.74, 6) is -1.43. The van der Waals surface area contributed by atoms with Crippen molar-refractivity contribution in [1.82, 2.24) is 24.9 Å². The van der Waals surface area contributed by atoms with Crippen molar-refractivity contribution < 1.29 is 19.1 Å². The Morgan fingerprint density at radius 2 is 1.92 bits per heavy atom. The lowest BCUT2D eigenvalue weighted by molar-refractivity contribution is -0.128. The molecule has 0 atom stereocenters. The molecule has 192 valence electrons. The van der Waals surface area contributed by atoms with E-state index in [1.807, 2.05) is 35.1 Å². The predicted octanol–water partition coefficient (Wildman–Crippen LogP) is 3.49. The quantitative estimate of drug-likeness (QED) is 0.453. The minimum Gasteiger partial charge on any atom is -0.383 e. The van der Waals surface area contributed by atoms with Crippen molar-refractivity contribution in [2.45, 2.75) is 26.4 Å². The number of nitrogens with zero attached hydrogens (tertiary/aromatic N) is 4. The molecule has 4 rings (SSSR count). The van der Waals surface area contributed by atoms with Crippen LogP contribution in [0, 0.1) is 0 Å². The van der Waals surface area contributed by atoms with E-state index in [9.17, 15) is 14.4 Å². The van der Waals surface area contributed by atoms with Gasteiger partial charge in [-0.15, -0.1) is 0 Å². The maximum atomic E-state index is 13.2. The number of ether oxygens (including phenoxy) is 1. The molecule has 1 N–H and O–H groups in total. The zero-order valence-corrected chi connectivity index (χ0v) is 21.6. The largest absolute Gasteiger partial charge is 0.383 e. The summed E-state index contributed by atoms with van der Waals surface area (Å²) in [6.07, 6.45) is 2.01. The van der Waals surface area contributed by atoms with Crippen LogP contribution < -0.4 is 5.32 Å². The standard InChI is InChI=1S/C28H31N5O4/c1-17(2)33-15-21-14-20(10-11-25(21)30-33)22-8-7-9-23-24(22)16-32(28(23)36)19(4)26(34)29-18(3)27(35)31(5)12-13-37-6/h7-11,14-15,17H,3-4,12-13,16H2,1-2,5-6H3,(H,29,34). The van der Waals surface area contributed by atoms with Gasteiger partial charge in [0, 0.05) is 43.9 Å². The van der Waals surface area contributed by atoms with E-state index in [4.69, 9.17) is 4.74 Å². The molecule has 9 heteroatoms. The fraction of sp³-hybridized carbons (Fsp3) is 0.286. The molecule has 3 amide bonds. The van der Waals surface area contributed by atoms with Crippen molar-refractivity contribution in [3.05, 3.63) is 78.3 Å². The van der Waals surface area contributed by atoms with Gasteiger partial charge in [-0.05, 0) is 48.7 Å². The van der Waals surface area contributed by atoms with Crippen LogP contribution in [0.2, 0.25) is 0 Å². The molecule has 0 unspecified atom stereocenters. The molecule has 37 heavy (non-hydrogen) atoms. The topological polar surface area (TPSA) is 96.8 Å². The van der Waals surface area contributed by atoms with Gasteiger partial charge >= 0.3 is 0 Å². The smallest absolute Gasteiger partial charge is 0.271 e. The number of amides is 3. The number of rotatable bonds is 9. The van der Waals surface area contributed by atoms with E-state index in [0.29, 0.717) is 18.7 Å². The summed E-state index contributed by atoms with van der Waals surface area (Å²) in [4.78, 5) is 41.2. The zero-order valence-electron chi connectivity index (χ0n) is 21.6. The minimum absolute atomic E-state index is 0.0608.